The summed E-state index contributed by atoms with van der Waals surface area (Å²) in [6, 6.07) is 11.2. The summed E-state index contributed by atoms with van der Waals surface area (Å²) in [7, 11) is 0. The maximum absolute atomic E-state index is 14.2. The van der Waals surface area contributed by atoms with Crippen LogP contribution in [0.3, 0.4) is 0 Å². The van der Waals surface area contributed by atoms with E-state index in [-0.39, 0.29) is 5.97 Å². The van der Waals surface area contributed by atoms with E-state index in [9.17, 15) is 110 Å². The Morgan fingerprint density at radius 3 is 0.949 bits per heavy atom. The minimum absolute atomic E-state index is 0.282. The molecule has 0 unspecified atom stereocenters. The number of esters is 1. The van der Waals surface area contributed by atoms with Gasteiger partial charge in [0.15, 0.2) is 12.7 Å². The third-order valence-electron chi connectivity index (χ3n) is 12.0. The smallest absolute Gasteiger partial charge is 0.416 e. The Morgan fingerprint density at radius 1 is 0.392 bits per heavy atom. The average Bonchev–Trinajstić information content (AvgIpc) is 3.37. The van der Waals surface area contributed by atoms with Gasteiger partial charge in [0.25, 0.3) is 5.69 Å². The molecule has 79 heavy (non-hydrogen) atoms. The molecule has 0 fully saturated rings. The number of hydrogen-bond acceptors (Lipinski definition) is 2. The summed E-state index contributed by atoms with van der Waals surface area (Å²) in [6.45, 7) is 2.83. The number of halogens is 24. The Balaban J connectivity index is 0.000000378. The number of carbonyl (C=O) groups is 1. The number of pyridine rings is 1. The van der Waals surface area contributed by atoms with Crippen molar-refractivity contribution < 1.29 is 119 Å². The Labute approximate surface area is 428 Å². The first kappa shape index (κ1) is 60.8. The van der Waals surface area contributed by atoms with E-state index in [1.54, 1.807) is 0 Å². The molecule has 3 nitrogen and oxygen atoms in total. The Morgan fingerprint density at radius 2 is 0.671 bits per heavy atom. The van der Waals surface area contributed by atoms with Crippen LogP contribution in [0.1, 0.15) is 67.5 Å². The van der Waals surface area contributed by atoms with Gasteiger partial charge in [0.2, 0.25) is 0 Å². The van der Waals surface area contributed by atoms with Crippen molar-refractivity contribution in [2.75, 3.05) is 6.61 Å². The Bertz CT molecular complexity index is 2910. The fraction of sp³-hybridized carbons (Fsp3) is 0.216. The summed E-state index contributed by atoms with van der Waals surface area (Å²) >= 11 is 0. The molecule has 0 aliphatic rings. The van der Waals surface area contributed by atoms with Gasteiger partial charge < -0.3 is 4.74 Å². The summed E-state index contributed by atoms with van der Waals surface area (Å²) in [5.74, 6) is -0.282. The second-order valence-corrected chi connectivity index (χ2v) is 17.3. The maximum Gasteiger partial charge on any atom is 0.416 e. The monoisotopic (exact) mass is 1160 g/mol. The molecule has 7 aromatic rings. The molecule has 0 amide bonds. The molecule has 1 heterocycles. The van der Waals surface area contributed by atoms with Crippen LogP contribution < -0.4 is 26.4 Å². The number of fused-ring (bicyclic) bond motifs is 1. The van der Waals surface area contributed by atoms with Crippen LogP contribution in [0.2, 0.25) is 0 Å². The van der Waals surface area contributed by atoms with Gasteiger partial charge in [-0.25, -0.2) is 4.79 Å². The van der Waals surface area contributed by atoms with Gasteiger partial charge in [-0.3, -0.25) is 0 Å². The van der Waals surface area contributed by atoms with Crippen LogP contribution in [-0.2, 0) is 60.7 Å². The van der Waals surface area contributed by atoms with Crippen LogP contribution in [0.5, 0.6) is 0 Å². The van der Waals surface area contributed by atoms with Crippen LogP contribution in [0.15, 0.2) is 140 Å². The lowest BCUT2D eigenvalue weighted by Crippen LogP contribution is -2.75. The van der Waals surface area contributed by atoms with Crippen molar-refractivity contribution in [3.05, 3.63) is 195 Å². The largest absolute Gasteiger partial charge is 0.458 e. The quantitative estimate of drug-likeness (QED) is 0.0657. The molecule has 0 spiro atoms. The van der Waals surface area contributed by atoms with Crippen LogP contribution in [-0.4, -0.2) is 18.7 Å². The topological polar surface area (TPSA) is 30.2 Å². The number of carbonyl (C=O) groups excluding carboxylic acids is 1. The second kappa shape index (κ2) is 21.3. The summed E-state index contributed by atoms with van der Waals surface area (Å²) in [5.41, 5.74) is -28.5. The third kappa shape index (κ3) is 13.7. The van der Waals surface area contributed by atoms with E-state index in [2.05, 4.69) is 12.1 Å². The first-order valence-electron chi connectivity index (χ1n) is 22.0. The fourth-order valence-corrected chi connectivity index (χ4v) is 8.67. The SMILES string of the molecule is CCOC(=O)c1c2ccccc2cc[n+]1Cc1ccccc1.FC(F)(F)c1cc([B-](c2cc(C(F)(F)F)cc(C(F)(F)F)c2)(c2cc(C(F)(F)F)cc(C(F)(F)F)c2)c2cc(C(F)(F)F)cc(C(F)(F)F)c2)cc(C(F)(F)F)c1. The molecule has 0 bridgehead atoms. The van der Waals surface area contributed by atoms with Gasteiger partial charge in [-0.15, -0.1) is 0 Å². The number of rotatable bonds is 8. The van der Waals surface area contributed by atoms with Crippen molar-refractivity contribution >= 4 is 44.7 Å². The number of alkyl halides is 24. The van der Waals surface area contributed by atoms with E-state index in [0.717, 1.165) is 16.3 Å². The third-order valence-corrected chi connectivity index (χ3v) is 12.0. The lowest BCUT2D eigenvalue weighted by atomic mass is 9.12. The van der Waals surface area contributed by atoms with Gasteiger partial charge in [-0.05, 0) is 42.6 Å². The minimum Gasteiger partial charge on any atom is -0.458 e. The predicted octanol–water partition coefficient (Wildman–Crippen LogP) is 14.6. The summed E-state index contributed by atoms with van der Waals surface area (Å²) in [4.78, 5) is 12.4. The minimum atomic E-state index is -6.13. The number of ether oxygens (including phenoxy) is 1. The van der Waals surface area contributed by atoms with Gasteiger partial charge in [0, 0.05) is 11.6 Å². The van der Waals surface area contributed by atoms with E-state index in [0.29, 0.717) is 18.8 Å². The molecule has 1 aromatic heterocycles. The highest BCUT2D eigenvalue weighted by molar-refractivity contribution is 7.20. The standard InChI is InChI=1S/C32H12BF24.C19H18NO2/c34-25(35,36)13-1-14(26(37,38)39)6-21(5-13)33(22-7-15(27(40,41)42)2-16(8-22)28(43,44)45,23-9-17(29(46,47)48)3-18(10-23)30(49,50)51)24-11-19(31(52,53)54)4-20(12-24)32(55,56)57;1-2-22-19(21)18-17-11-7-6-10-16(17)12-13-20(18)14-15-8-4-3-5-9-15/h1-12H;3-13H,2,14H2,1H3/q-1;+1. The molecule has 422 valence electrons. The van der Waals surface area contributed by atoms with Crippen LogP contribution in [0.25, 0.3) is 10.8 Å². The molecule has 0 N–H and O–H groups in total. The van der Waals surface area contributed by atoms with Crippen molar-refractivity contribution in [3.63, 3.8) is 0 Å². The van der Waals surface area contributed by atoms with Crippen molar-refractivity contribution in [1.29, 1.82) is 0 Å². The predicted molar refractivity (Wildman–Crippen MR) is 236 cm³/mol. The zero-order valence-electron chi connectivity index (χ0n) is 39.1. The molecule has 0 aliphatic carbocycles. The second-order valence-electron chi connectivity index (χ2n) is 17.3. The Kier molecular flexibility index (Phi) is 16.4. The van der Waals surface area contributed by atoms with E-state index >= 15 is 0 Å². The normalized spacial score (nSPS) is 13.3. The molecule has 0 radical (unpaired) electrons. The highest BCUT2D eigenvalue weighted by Gasteiger charge is 2.47. The number of benzene rings is 6. The van der Waals surface area contributed by atoms with Crippen molar-refractivity contribution in [3.8, 4) is 0 Å². The molecule has 0 aliphatic heterocycles. The molecule has 28 heteroatoms. The summed E-state index contributed by atoms with van der Waals surface area (Å²) < 4.78 is 348. The number of nitrogens with zero attached hydrogens (tertiary/aromatic N) is 1. The number of hydrogen-bond donors (Lipinski definition) is 0. The first-order valence-corrected chi connectivity index (χ1v) is 22.0. The highest BCUT2D eigenvalue weighted by atomic mass is 19.4. The van der Waals surface area contributed by atoms with Gasteiger partial charge in [0.05, 0.1) is 56.5 Å². The van der Waals surface area contributed by atoms with Gasteiger partial charge in [-0.1, -0.05) is 97.1 Å². The van der Waals surface area contributed by atoms with Crippen LogP contribution >= 0.6 is 0 Å². The van der Waals surface area contributed by atoms with E-state index in [1.165, 1.54) is 0 Å². The fourth-order valence-electron chi connectivity index (χ4n) is 8.67. The Hall–Kier alpha value is -7.42. The number of aromatic nitrogens is 1. The van der Waals surface area contributed by atoms with Gasteiger partial charge >= 0.3 is 55.4 Å². The van der Waals surface area contributed by atoms with Crippen LogP contribution in [0.4, 0.5) is 105 Å². The van der Waals surface area contributed by atoms with E-state index in [4.69, 9.17) is 4.74 Å². The molecular weight excluding hydrogens is 1130 g/mol. The molecule has 6 aromatic carbocycles. The lowest BCUT2D eigenvalue weighted by Gasteiger charge is -2.46. The van der Waals surface area contributed by atoms with Gasteiger partial charge in [0.1, 0.15) is 6.15 Å². The molecular formula is C51H30BF24NO2. The summed E-state index contributed by atoms with van der Waals surface area (Å²) in [5, 5.41) is 1.95. The van der Waals surface area contributed by atoms with Crippen molar-refractivity contribution in [1.82, 2.24) is 0 Å². The zero-order valence-corrected chi connectivity index (χ0v) is 39.1. The van der Waals surface area contributed by atoms with Gasteiger partial charge in [-0.2, -0.15) is 132 Å². The van der Waals surface area contributed by atoms with Crippen molar-refractivity contribution in [2.24, 2.45) is 0 Å². The molecule has 0 saturated carbocycles. The zero-order chi connectivity index (χ0) is 59.3. The first-order chi connectivity index (χ1) is 36.1. The highest BCUT2D eigenvalue weighted by Crippen LogP contribution is 2.41. The molecule has 0 saturated heterocycles. The van der Waals surface area contributed by atoms with E-state index < -0.39 is 195 Å². The average molecular weight is 1160 g/mol. The van der Waals surface area contributed by atoms with E-state index in [1.807, 2.05) is 66.2 Å². The van der Waals surface area contributed by atoms with Crippen molar-refractivity contribution in [2.45, 2.75) is 62.9 Å². The molecule has 0 atom stereocenters. The lowest BCUT2D eigenvalue weighted by molar-refractivity contribution is -0.689. The van der Waals surface area contributed by atoms with Crippen LogP contribution in [0, 0.1) is 0 Å². The molecule has 7 rings (SSSR count). The summed E-state index contributed by atoms with van der Waals surface area (Å²) in [6.07, 6.45) is -52.9. The maximum atomic E-state index is 14.2.